The third-order valence-corrected chi connectivity index (χ3v) is 3.01. The molecular weight excluding hydrogens is 144 g/mol. The highest BCUT2D eigenvalue weighted by atomic mass is 32.1. The Morgan fingerprint density at radius 1 is 1.44 bits per heavy atom. The van der Waals surface area contributed by atoms with E-state index in [0.717, 1.165) is 5.75 Å². The molecule has 0 bridgehead atoms. The van der Waals surface area contributed by atoms with Gasteiger partial charge in [-0.2, -0.15) is 12.6 Å². The third kappa shape index (κ3) is 6.19. The van der Waals surface area contributed by atoms with Gasteiger partial charge in [0.1, 0.15) is 0 Å². The molecule has 0 N–H and O–H groups in total. The third-order valence-electron chi connectivity index (χ3n) is 1.00. The zero-order valence-corrected chi connectivity index (χ0v) is 8.46. The summed E-state index contributed by atoms with van der Waals surface area (Å²) >= 11 is 4.15. The standard InChI is InChI=1S/C7H16SSi/c1-7(5-8)6-9(2,3)4/h8H,1,5-6H2,2-4H3. The van der Waals surface area contributed by atoms with Crippen LogP contribution in [0, 0.1) is 0 Å². The first-order valence-electron chi connectivity index (χ1n) is 3.23. The van der Waals surface area contributed by atoms with Gasteiger partial charge in [0, 0.05) is 13.8 Å². The minimum Gasteiger partial charge on any atom is -0.175 e. The Kier molecular flexibility index (Phi) is 3.59. The van der Waals surface area contributed by atoms with Crippen LogP contribution in [0.2, 0.25) is 25.7 Å². The maximum atomic E-state index is 4.15. The zero-order chi connectivity index (χ0) is 7.49. The summed E-state index contributed by atoms with van der Waals surface area (Å²) in [5, 5.41) is 0. The molecule has 0 aliphatic heterocycles. The van der Waals surface area contributed by atoms with Crippen molar-refractivity contribution in [3.63, 3.8) is 0 Å². The van der Waals surface area contributed by atoms with Crippen LogP contribution in [0.15, 0.2) is 12.2 Å². The van der Waals surface area contributed by atoms with Gasteiger partial charge >= 0.3 is 0 Å². The maximum absolute atomic E-state index is 4.15. The number of hydrogen-bond donors (Lipinski definition) is 1. The monoisotopic (exact) mass is 160 g/mol. The number of hydrogen-bond acceptors (Lipinski definition) is 1. The molecular formula is C7H16SSi. The maximum Gasteiger partial charge on any atom is 0.0483 e. The lowest BCUT2D eigenvalue weighted by Gasteiger charge is -2.15. The molecule has 0 aromatic heterocycles. The molecule has 2 heteroatoms. The molecule has 0 saturated heterocycles. The Balaban J connectivity index is 3.60. The molecule has 54 valence electrons. The van der Waals surface area contributed by atoms with Crippen molar-refractivity contribution in [1.82, 2.24) is 0 Å². The van der Waals surface area contributed by atoms with Gasteiger partial charge in [-0.15, -0.1) is 0 Å². The second-order valence-electron chi connectivity index (χ2n) is 3.65. The summed E-state index contributed by atoms with van der Waals surface area (Å²) in [5.74, 6) is 0.851. The number of thiol groups is 1. The molecule has 0 aromatic carbocycles. The van der Waals surface area contributed by atoms with E-state index in [1.165, 1.54) is 11.6 Å². The van der Waals surface area contributed by atoms with Crippen molar-refractivity contribution in [3.05, 3.63) is 12.2 Å². The fourth-order valence-corrected chi connectivity index (χ4v) is 2.75. The minimum atomic E-state index is -0.890. The molecule has 0 nitrogen and oxygen atoms in total. The fraction of sp³-hybridized carbons (Fsp3) is 0.714. The molecule has 0 amide bonds. The first-order chi connectivity index (χ1) is 3.95. The Morgan fingerprint density at radius 3 is 2.00 bits per heavy atom. The van der Waals surface area contributed by atoms with Crippen LogP contribution in [0.1, 0.15) is 0 Å². The first kappa shape index (κ1) is 9.31. The molecule has 0 rings (SSSR count). The summed E-state index contributed by atoms with van der Waals surface area (Å²) in [4.78, 5) is 0. The van der Waals surface area contributed by atoms with Crippen LogP contribution in [0.4, 0.5) is 0 Å². The Morgan fingerprint density at radius 2 is 1.89 bits per heavy atom. The predicted molar refractivity (Wildman–Crippen MR) is 51.1 cm³/mol. The van der Waals surface area contributed by atoms with Crippen molar-refractivity contribution in [2.75, 3.05) is 5.75 Å². The van der Waals surface area contributed by atoms with E-state index in [0.29, 0.717) is 0 Å². The van der Waals surface area contributed by atoms with Crippen LogP contribution in [-0.2, 0) is 0 Å². The largest absolute Gasteiger partial charge is 0.175 e. The zero-order valence-electron chi connectivity index (χ0n) is 6.57. The molecule has 0 saturated carbocycles. The molecule has 0 unspecified atom stereocenters. The molecule has 0 aliphatic carbocycles. The molecule has 0 fully saturated rings. The fourth-order valence-electron chi connectivity index (χ4n) is 0.806. The van der Waals surface area contributed by atoms with Gasteiger partial charge in [0.05, 0.1) is 0 Å². The molecule has 0 aliphatic rings. The van der Waals surface area contributed by atoms with Crippen molar-refractivity contribution in [2.45, 2.75) is 25.7 Å². The van der Waals surface area contributed by atoms with Crippen molar-refractivity contribution in [3.8, 4) is 0 Å². The van der Waals surface area contributed by atoms with Crippen molar-refractivity contribution >= 4 is 20.7 Å². The van der Waals surface area contributed by atoms with E-state index in [4.69, 9.17) is 0 Å². The van der Waals surface area contributed by atoms with E-state index in [-0.39, 0.29) is 0 Å². The second kappa shape index (κ2) is 3.47. The molecule has 0 aromatic rings. The lowest BCUT2D eigenvalue weighted by Crippen LogP contribution is -2.19. The van der Waals surface area contributed by atoms with Gasteiger partial charge < -0.3 is 0 Å². The normalized spacial score (nSPS) is 11.6. The summed E-state index contributed by atoms with van der Waals surface area (Å²) in [6.45, 7) is 11.0. The smallest absolute Gasteiger partial charge is 0.0483 e. The Bertz CT molecular complexity index is 102. The van der Waals surface area contributed by atoms with Crippen molar-refractivity contribution in [2.24, 2.45) is 0 Å². The van der Waals surface area contributed by atoms with E-state index < -0.39 is 8.07 Å². The van der Waals surface area contributed by atoms with Gasteiger partial charge in [0.2, 0.25) is 0 Å². The summed E-state index contributed by atoms with van der Waals surface area (Å²) in [6.07, 6.45) is 0. The molecule has 0 heterocycles. The Labute approximate surface area is 64.8 Å². The van der Waals surface area contributed by atoms with Crippen molar-refractivity contribution < 1.29 is 0 Å². The topological polar surface area (TPSA) is 0 Å². The SMILES string of the molecule is C=C(CS)C[Si](C)(C)C. The first-order valence-corrected chi connectivity index (χ1v) is 7.57. The second-order valence-corrected chi connectivity index (χ2v) is 9.44. The van der Waals surface area contributed by atoms with Gasteiger partial charge in [-0.05, 0) is 6.04 Å². The predicted octanol–water partition coefficient (Wildman–Crippen LogP) is 2.81. The van der Waals surface area contributed by atoms with Crippen LogP contribution < -0.4 is 0 Å². The average Bonchev–Trinajstić information content (AvgIpc) is 1.62. The molecule has 0 atom stereocenters. The van der Waals surface area contributed by atoms with Gasteiger partial charge in [-0.25, -0.2) is 0 Å². The summed E-state index contributed by atoms with van der Waals surface area (Å²) in [7, 11) is -0.890. The van der Waals surface area contributed by atoms with Gasteiger partial charge in [-0.3, -0.25) is 0 Å². The summed E-state index contributed by atoms with van der Waals surface area (Å²) in [6, 6.07) is 1.22. The quantitative estimate of drug-likeness (QED) is 0.366. The minimum absolute atomic E-state index is 0.851. The van der Waals surface area contributed by atoms with Crippen LogP contribution in [0.3, 0.4) is 0 Å². The lowest BCUT2D eigenvalue weighted by molar-refractivity contribution is 1.35. The van der Waals surface area contributed by atoms with Gasteiger partial charge in [0.15, 0.2) is 0 Å². The Hall–Kier alpha value is 0.307. The van der Waals surface area contributed by atoms with E-state index in [1.54, 1.807) is 0 Å². The van der Waals surface area contributed by atoms with Gasteiger partial charge in [0.25, 0.3) is 0 Å². The highest BCUT2D eigenvalue weighted by Gasteiger charge is 2.12. The van der Waals surface area contributed by atoms with E-state index in [9.17, 15) is 0 Å². The van der Waals surface area contributed by atoms with Gasteiger partial charge in [-0.1, -0.05) is 31.8 Å². The van der Waals surface area contributed by atoms with Crippen LogP contribution in [0.5, 0.6) is 0 Å². The van der Waals surface area contributed by atoms with E-state index >= 15 is 0 Å². The highest BCUT2D eigenvalue weighted by Crippen LogP contribution is 2.14. The number of rotatable bonds is 3. The molecule has 9 heavy (non-hydrogen) atoms. The van der Waals surface area contributed by atoms with Crippen LogP contribution in [0.25, 0.3) is 0 Å². The summed E-state index contributed by atoms with van der Waals surface area (Å²) < 4.78 is 0. The molecule has 0 spiro atoms. The van der Waals surface area contributed by atoms with Crippen LogP contribution in [-0.4, -0.2) is 13.8 Å². The van der Waals surface area contributed by atoms with E-state index in [2.05, 4.69) is 38.8 Å². The average molecular weight is 160 g/mol. The van der Waals surface area contributed by atoms with Crippen LogP contribution >= 0.6 is 12.6 Å². The van der Waals surface area contributed by atoms with E-state index in [1.807, 2.05) is 0 Å². The van der Waals surface area contributed by atoms with Crippen molar-refractivity contribution in [1.29, 1.82) is 0 Å². The lowest BCUT2D eigenvalue weighted by atomic mass is 10.4. The summed E-state index contributed by atoms with van der Waals surface area (Å²) in [5.41, 5.74) is 1.29. The molecule has 0 radical (unpaired) electrons. The highest BCUT2D eigenvalue weighted by molar-refractivity contribution is 7.80.